The summed E-state index contributed by atoms with van der Waals surface area (Å²) in [5.41, 5.74) is 8.77. The SMILES string of the molecule is C[Si](C)(C)c1ccc(-c2[c-]cccc2)nc1.Cc1cnc(-c2[c-]ccc3c2sc2cc(-c4cccc(F)c4)ccc23)cc1CC(C)(C)C.[Ir]. The number of fused-ring (bicyclic) bond motifs is 3. The van der Waals surface area contributed by atoms with Crippen LogP contribution in [-0.2, 0) is 26.5 Å². The fraction of sp³-hybridized carbons (Fsp3) is 0.209. The number of aromatic nitrogens is 2. The van der Waals surface area contributed by atoms with Crippen molar-refractivity contribution in [2.45, 2.75) is 53.8 Å². The Hall–Kier alpha value is -3.80. The molecule has 7 rings (SSSR count). The molecule has 0 spiro atoms. The first-order valence-electron chi connectivity index (χ1n) is 16.4. The first kappa shape index (κ1) is 36.5. The quantitative estimate of drug-likeness (QED) is 0.127. The van der Waals surface area contributed by atoms with Crippen LogP contribution in [0.25, 0.3) is 53.8 Å². The third-order valence-electron chi connectivity index (χ3n) is 8.40. The predicted molar refractivity (Wildman–Crippen MR) is 206 cm³/mol. The van der Waals surface area contributed by atoms with Gasteiger partial charge in [0.15, 0.2) is 0 Å². The van der Waals surface area contributed by atoms with Gasteiger partial charge in [0.1, 0.15) is 5.82 Å². The Labute approximate surface area is 308 Å². The summed E-state index contributed by atoms with van der Waals surface area (Å²) in [6.07, 6.45) is 5.01. The molecule has 0 saturated carbocycles. The maximum absolute atomic E-state index is 13.7. The van der Waals surface area contributed by atoms with Gasteiger partial charge in [-0.15, -0.1) is 59.7 Å². The first-order valence-corrected chi connectivity index (χ1v) is 20.7. The van der Waals surface area contributed by atoms with Crippen LogP contribution in [0.2, 0.25) is 19.6 Å². The number of hydrogen-bond acceptors (Lipinski definition) is 3. The number of nitrogens with zero attached hydrogens (tertiary/aromatic N) is 2. The summed E-state index contributed by atoms with van der Waals surface area (Å²) in [5, 5.41) is 3.82. The second kappa shape index (κ2) is 15.0. The fourth-order valence-corrected chi connectivity index (χ4v) is 8.08. The summed E-state index contributed by atoms with van der Waals surface area (Å²) in [7, 11) is -1.23. The molecule has 4 aromatic carbocycles. The molecular formula is C43H41FIrN2SSi-2. The maximum Gasteiger partial charge on any atom is 0.123 e. The van der Waals surface area contributed by atoms with Crippen molar-refractivity contribution < 1.29 is 24.5 Å². The van der Waals surface area contributed by atoms with Gasteiger partial charge in [-0.25, -0.2) is 4.39 Å². The predicted octanol–water partition coefficient (Wildman–Crippen LogP) is 11.7. The van der Waals surface area contributed by atoms with Gasteiger partial charge in [-0.2, -0.15) is 11.3 Å². The van der Waals surface area contributed by atoms with Crippen molar-refractivity contribution in [1.29, 1.82) is 0 Å². The molecule has 0 unspecified atom stereocenters. The Morgan fingerprint density at radius 1 is 0.755 bits per heavy atom. The Morgan fingerprint density at radius 3 is 2.20 bits per heavy atom. The van der Waals surface area contributed by atoms with E-state index >= 15 is 0 Å². The Kier molecular flexibility index (Phi) is 11.2. The van der Waals surface area contributed by atoms with E-state index in [1.807, 2.05) is 48.8 Å². The molecule has 7 aromatic rings. The van der Waals surface area contributed by atoms with Crippen molar-refractivity contribution in [2.75, 3.05) is 0 Å². The number of pyridine rings is 2. The molecular weight excluding hydrogens is 816 g/mol. The van der Waals surface area contributed by atoms with Crippen LogP contribution in [0.15, 0.2) is 109 Å². The molecule has 0 bridgehead atoms. The summed E-state index contributed by atoms with van der Waals surface area (Å²) < 4.78 is 16.1. The van der Waals surface area contributed by atoms with Gasteiger partial charge in [0.25, 0.3) is 0 Å². The number of hydrogen-bond donors (Lipinski definition) is 0. The molecule has 0 N–H and O–H groups in total. The topological polar surface area (TPSA) is 25.8 Å². The molecule has 0 aliphatic rings. The smallest absolute Gasteiger partial charge is 0.123 e. The molecule has 3 heterocycles. The monoisotopic (exact) mass is 857 g/mol. The van der Waals surface area contributed by atoms with E-state index in [0.29, 0.717) is 0 Å². The van der Waals surface area contributed by atoms with Gasteiger partial charge < -0.3 is 9.97 Å². The fourth-order valence-electron chi connectivity index (χ4n) is 5.79. The molecule has 49 heavy (non-hydrogen) atoms. The molecule has 1 radical (unpaired) electrons. The zero-order valence-electron chi connectivity index (χ0n) is 29.1. The number of rotatable bonds is 5. The van der Waals surface area contributed by atoms with Crippen molar-refractivity contribution in [3.05, 3.63) is 139 Å². The number of benzene rings is 4. The van der Waals surface area contributed by atoms with E-state index < -0.39 is 8.07 Å². The Balaban J connectivity index is 0.000000233. The van der Waals surface area contributed by atoms with Crippen molar-refractivity contribution in [1.82, 2.24) is 9.97 Å². The molecule has 0 aliphatic carbocycles. The van der Waals surface area contributed by atoms with Crippen LogP contribution in [0.1, 0.15) is 31.9 Å². The van der Waals surface area contributed by atoms with E-state index in [0.717, 1.165) is 40.1 Å². The normalized spacial score (nSPS) is 11.6. The molecule has 3 aromatic heterocycles. The molecule has 6 heteroatoms. The minimum absolute atomic E-state index is 0. The second-order valence-electron chi connectivity index (χ2n) is 14.6. The van der Waals surface area contributed by atoms with Crippen molar-refractivity contribution in [2.24, 2.45) is 5.41 Å². The summed E-state index contributed by atoms with van der Waals surface area (Å²) >= 11 is 1.75. The number of aryl methyl sites for hydroxylation is 1. The zero-order chi connectivity index (χ0) is 34.1. The number of thiophene rings is 1. The third kappa shape index (κ3) is 8.68. The summed E-state index contributed by atoms with van der Waals surface area (Å²) in [6.45, 7) is 15.9. The second-order valence-corrected chi connectivity index (χ2v) is 20.7. The van der Waals surface area contributed by atoms with Crippen LogP contribution in [0, 0.1) is 30.3 Å². The molecule has 251 valence electrons. The molecule has 0 fully saturated rings. The Morgan fingerprint density at radius 2 is 1.53 bits per heavy atom. The van der Waals surface area contributed by atoms with Crippen LogP contribution >= 0.6 is 11.3 Å². The van der Waals surface area contributed by atoms with E-state index in [-0.39, 0.29) is 31.3 Å². The number of halogens is 1. The minimum Gasteiger partial charge on any atom is -0.305 e. The van der Waals surface area contributed by atoms with Gasteiger partial charge >= 0.3 is 0 Å². The molecule has 0 saturated heterocycles. The molecule has 0 amide bonds. The summed E-state index contributed by atoms with van der Waals surface area (Å²) in [4.78, 5) is 9.29. The standard InChI is InChI=1S/C29H25FNS.C14H16NSi.Ir/c1-18-17-31-26(14-21(18)16-29(2,3)4)25-10-6-9-24-23-12-11-20(15-27(23)32-28(24)25)19-7-5-8-22(30)13-19;1-16(2,3)13-9-10-14(15-11-13)12-7-5-4-6-8-12;/h5-9,11-15,17H,16H2,1-4H3;4-7,9-11H,1-3H3;/q2*-1;. The van der Waals surface area contributed by atoms with Crippen LogP contribution in [0.3, 0.4) is 0 Å². The minimum atomic E-state index is -1.23. The largest absolute Gasteiger partial charge is 0.305 e. The average molecular weight is 857 g/mol. The van der Waals surface area contributed by atoms with Gasteiger partial charge in [-0.05, 0) is 80.3 Å². The summed E-state index contributed by atoms with van der Waals surface area (Å²) in [6, 6.07) is 38.4. The van der Waals surface area contributed by atoms with Crippen LogP contribution < -0.4 is 5.19 Å². The first-order chi connectivity index (χ1) is 22.9. The average Bonchev–Trinajstić information content (AvgIpc) is 3.44. The maximum atomic E-state index is 13.7. The molecule has 2 nitrogen and oxygen atoms in total. The summed E-state index contributed by atoms with van der Waals surface area (Å²) in [5.74, 6) is -0.215. The molecule has 0 atom stereocenters. The van der Waals surface area contributed by atoms with E-state index in [1.165, 1.54) is 42.6 Å². The van der Waals surface area contributed by atoms with Crippen molar-refractivity contribution in [3.8, 4) is 33.6 Å². The van der Waals surface area contributed by atoms with Crippen LogP contribution in [0.4, 0.5) is 4.39 Å². The van der Waals surface area contributed by atoms with Crippen LogP contribution in [-0.4, -0.2) is 18.0 Å². The van der Waals surface area contributed by atoms with E-state index in [4.69, 9.17) is 4.98 Å². The van der Waals surface area contributed by atoms with Gasteiger partial charge in [0.05, 0.1) is 8.07 Å². The Bertz CT molecular complexity index is 2200. The zero-order valence-corrected chi connectivity index (χ0v) is 33.3. The van der Waals surface area contributed by atoms with Gasteiger partial charge in [0, 0.05) is 37.2 Å². The van der Waals surface area contributed by atoms with Crippen molar-refractivity contribution in [3.63, 3.8) is 0 Å². The van der Waals surface area contributed by atoms with E-state index in [1.54, 1.807) is 23.5 Å². The molecule has 0 aliphatic heterocycles. The van der Waals surface area contributed by atoms with Gasteiger partial charge in [-0.1, -0.05) is 93.8 Å². The van der Waals surface area contributed by atoms with Crippen LogP contribution in [0.5, 0.6) is 0 Å². The van der Waals surface area contributed by atoms with Gasteiger partial charge in [-0.3, -0.25) is 0 Å². The van der Waals surface area contributed by atoms with E-state index in [2.05, 4.69) is 107 Å². The third-order valence-corrected chi connectivity index (χ3v) is 11.6. The van der Waals surface area contributed by atoms with Crippen molar-refractivity contribution >= 4 is 44.8 Å². The van der Waals surface area contributed by atoms with E-state index in [9.17, 15) is 4.39 Å². The van der Waals surface area contributed by atoms with Gasteiger partial charge in [0.2, 0.25) is 0 Å².